The summed E-state index contributed by atoms with van der Waals surface area (Å²) in [5.74, 6) is 0.738. The maximum absolute atomic E-state index is 12.7. The van der Waals surface area contributed by atoms with Crippen molar-refractivity contribution in [3.63, 3.8) is 0 Å². The van der Waals surface area contributed by atoms with Crippen LogP contribution in [-0.2, 0) is 17.4 Å². The highest BCUT2D eigenvalue weighted by atomic mass is 16.2. The van der Waals surface area contributed by atoms with Crippen LogP contribution in [-0.4, -0.2) is 28.8 Å². The minimum Gasteiger partial charge on any atom is -0.351 e. The quantitative estimate of drug-likeness (QED) is 0.383. The summed E-state index contributed by atoms with van der Waals surface area (Å²) in [5, 5.41) is 14.5. The number of carbonyl (C=O) groups excluding carboxylic acids is 1. The highest BCUT2D eigenvalue weighted by Gasteiger charge is 2.38. The van der Waals surface area contributed by atoms with Gasteiger partial charge >= 0.3 is 0 Å². The Balaban J connectivity index is 1.67. The van der Waals surface area contributed by atoms with Crippen molar-refractivity contribution in [2.24, 2.45) is 13.0 Å². The third-order valence-electron chi connectivity index (χ3n) is 6.28. The number of nitrogens with zero attached hydrogens (tertiary/aromatic N) is 2. The minimum atomic E-state index is -0.699. The first-order valence-electron chi connectivity index (χ1n) is 11.2. The van der Waals surface area contributed by atoms with Gasteiger partial charge in [0, 0.05) is 20.1 Å². The van der Waals surface area contributed by atoms with Gasteiger partial charge in [-0.05, 0) is 16.7 Å². The van der Waals surface area contributed by atoms with E-state index in [4.69, 9.17) is 0 Å². The predicted octanol–water partition coefficient (Wildman–Crippen LogP) is 3.98. The second-order valence-electron chi connectivity index (χ2n) is 8.35. The topological polar surface area (TPSA) is 71.0 Å². The van der Waals surface area contributed by atoms with E-state index in [9.17, 15) is 4.79 Å². The fourth-order valence-corrected chi connectivity index (χ4v) is 4.34. The molecular formula is C27H27N5O. The van der Waals surface area contributed by atoms with Gasteiger partial charge in [0.05, 0.1) is 12.1 Å². The molecule has 1 aromatic heterocycles. The van der Waals surface area contributed by atoms with Crippen LogP contribution in [0.2, 0.25) is 0 Å². The largest absolute Gasteiger partial charge is 0.351 e. The molecule has 0 unspecified atom stereocenters. The molecule has 1 aliphatic heterocycles. The smallest absolute Gasteiger partial charge is 0.230 e. The van der Waals surface area contributed by atoms with Crippen LogP contribution in [0.1, 0.15) is 16.7 Å². The number of aryl methyl sites for hydroxylation is 1. The van der Waals surface area contributed by atoms with E-state index in [1.165, 1.54) is 0 Å². The van der Waals surface area contributed by atoms with Crippen LogP contribution in [0.25, 0.3) is 0 Å². The van der Waals surface area contributed by atoms with E-state index in [2.05, 4.69) is 57.4 Å². The second-order valence-corrected chi connectivity index (χ2v) is 8.35. The molecule has 0 radical (unpaired) electrons. The zero-order valence-electron chi connectivity index (χ0n) is 18.5. The van der Waals surface area contributed by atoms with Crippen LogP contribution in [0.5, 0.6) is 0 Å². The zero-order chi connectivity index (χ0) is 22.7. The number of carbonyl (C=O) groups is 1. The molecule has 1 amide bonds. The monoisotopic (exact) mass is 437 g/mol. The third-order valence-corrected chi connectivity index (χ3v) is 6.28. The first-order valence-corrected chi connectivity index (χ1v) is 11.2. The van der Waals surface area contributed by atoms with Gasteiger partial charge in [-0.2, -0.15) is 5.10 Å². The van der Waals surface area contributed by atoms with Gasteiger partial charge in [0.15, 0.2) is 0 Å². The molecule has 0 aliphatic carbocycles. The lowest BCUT2D eigenvalue weighted by Crippen LogP contribution is -2.48. The molecule has 6 nitrogen and oxygen atoms in total. The van der Waals surface area contributed by atoms with Crippen molar-refractivity contribution in [2.75, 3.05) is 23.7 Å². The lowest BCUT2D eigenvalue weighted by molar-refractivity contribution is -0.121. The van der Waals surface area contributed by atoms with E-state index in [0.29, 0.717) is 18.8 Å². The SMILES string of the molecule is Cn1ncc(NC(=O)C2CNC2)c1NC(c1ccccc1)(c1ccccc1)c1ccccc1. The lowest BCUT2D eigenvalue weighted by Gasteiger charge is -2.38. The molecule has 33 heavy (non-hydrogen) atoms. The van der Waals surface area contributed by atoms with E-state index in [0.717, 1.165) is 22.5 Å². The standard InChI is InChI=1S/C27H27N5O/c1-32-25(24(19-29-32)30-26(33)20-17-28-18-20)31-27(21-11-5-2-6-12-21,22-13-7-3-8-14-22)23-15-9-4-10-16-23/h2-16,19-20,28,31H,17-18H2,1H3,(H,30,33). The van der Waals surface area contributed by atoms with Crippen LogP contribution in [0.3, 0.4) is 0 Å². The lowest BCUT2D eigenvalue weighted by atomic mass is 9.77. The number of hydrogen-bond donors (Lipinski definition) is 3. The Labute approximate surface area is 193 Å². The molecule has 1 aliphatic rings. The van der Waals surface area contributed by atoms with Crippen molar-refractivity contribution in [3.8, 4) is 0 Å². The van der Waals surface area contributed by atoms with Gasteiger partial charge in [0.25, 0.3) is 0 Å². The van der Waals surface area contributed by atoms with Crippen LogP contribution in [0.15, 0.2) is 97.2 Å². The molecule has 4 aromatic rings. The van der Waals surface area contributed by atoms with E-state index < -0.39 is 5.54 Å². The fourth-order valence-electron chi connectivity index (χ4n) is 4.34. The molecule has 1 saturated heterocycles. The van der Waals surface area contributed by atoms with Crippen molar-refractivity contribution < 1.29 is 4.79 Å². The van der Waals surface area contributed by atoms with Crippen LogP contribution in [0.4, 0.5) is 11.5 Å². The maximum Gasteiger partial charge on any atom is 0.230 e. The normalized spacial score (nSPS) is 13.8. The first kappa shape index (κ1) is 21.0. The first-order chi connectivity index (χ1) is 16.2. The highest BCUT2D eigenvalue weighted by Crippen LogP contribution is 2.41. The van der Waals surface area contributed by atoms with E-state index in [-0.39, 0.29) is 11.8 Å². The summed E-state index contributed by atoms with van der Waals surface area (Å²) in [6.45, 7) is 1.41. The summed E-state index contributed by atoms with van der Waals surface area (Å²) < 4.78 is 1.78. The molecular weight excluding hydrogens is 410 g/mol. The number of rotatable bonds is 7. The minimum absolute atomic E-state index is 0.00883. The van der Waals surface area contributed by atoms with E-state index in [1.807, 2.05) is 61.6 Å². The van der Waals surface area contributed by atoms with Gasteiger partial charge in [-0.15, -0.1) is 0 Å². The molecule has 6 heteroatoms. The van der Waals surface area contributed by atoms with Crippen molar-refractivity contribution in [1.82, 2.24) is 15.1 Å². The molecule has 0 atom stereocenters. The summed E-state index contributed by atoms with van der Waals surface area (Å²) in [5.41, 5.74) is 3.23. The molecule has 3 aromatic carbocycles. The Bertz CT molecular complexity index is 1120. The summed E-state index contributed by atoms with van der Waals surface area (Å²) in [6.07, 6.45) is 1.71. The van der Waals surface area contributed by atoms with Gasteiger partial charge in [0.2, 0.25) is 5.91 Å². The summed E-state index contributed by atoms with van der Waals surface area (Å²) in [6, 6.07) is 31.1. The fraction of sp³-hybridized carbons (Fsp3) is 0.185. The van der Waals surface area contributed by atoms with Gasteiger partial charge in [-0.1, -0.05) is 91.0 Å². The third kappa shape index (κ3) is 3.90. The number of anilines is 2. The molecule has 3 N–H and O–H groups in total. The molecule has 1 fully saturated rings. The molecule has 0 bridgehead atoms. The highest BCUT2D eigenvalue weighted by molar-refractivity contribution is 5.96. The number of hydrogen-bond acceptors (Lipinski definition) is 4. The van der Waals surface area contributed by atoms with Gasteiger partial charge < -0.3 is 16.0 Å². The van der Waals surface area contributed by atoms with E-state index in [1.54, 1.807) is 10.9 Å². The molecule has 166 valence electrons. The Hall–Kier alpha value is -3.90. The van der Waals surface area contributed by atoms with E-state index >= 15 is 0 Å². The maximum atomic E-state index is 12.7. The summed E-state index contributed by atoms with van der Waals surface area (Å²) in [7, 11) is 1.88. The average molecular weight is 438 g/mol. The Kier molecular flexibility index (Phi) is 5.67. The predicted molar refractivity (Wildman–Crippen MR) is 131 cm³/mol. The Morgan fingerprint density at radius 3 is 1.79 bits per heavy atom. The van der Waals surface area contributed by atoms with Crippen LogP contribution in [0, 0.1) is 5.92 Å². The molecule has 0 saturated carbocycles. The zero-order valence-corrected chi connectivity index (χ0v) is 18.5. The van der Waals surface area contributed by atoms with Gasteiger partial charge in [-0.3, -0.25) is 9.48 Å². The summed E-state index contributed by atoms with van der Waals surface area (Å²) >= 11 is 0. The van der Waals surface area contributed by atoms with Crippen molar-refractivity contribution in [3.05, 3.63) is 114 Å². The van der Waals surface area contributed by atoms with Crippen LogP contribution >= 0.6 is 0 Å². The number of nitrogens with one attached hydrogen (secondary N) is 3. The number of benzene rings is 3. The Morgan fingerprint density at radius 2 is 1.36 bits per heavy atom. The molecule has 5 rings (SSSR count). The molecule has 2 heterocycles. The Morgan fingerprint density at radius 1 is 0.879 bits per heavy atom. The number of aromatic nitrogens is 2. The second kappa shape index (κ2) is 8.92. The number of amides is 1. The van der Waals surface area contributed by atoms with Crippen molar-refractivity contribution >= 4 is 17.4 Å². The van der Waals surface area contributed by atoms with Gasteiger partial charge in [0.1, 0.15) is 17.0 Å². The van der Waals surface area contributed by atoms with Crippen molar-refractivity contribution in [1.29, 1.82) is 0 Å². The molecule has 0 spiro atoms. The van der Waals surface area contributed by atoms with Crippen LogP contribution < -0.4 is 16.0 Å². The van der Waals surface area contributed by atoms with Crippen molar-refractivity contribution in [2.45, 2.75) is 5.54 Å². The van der Waals surface area contributed by atoms with Gasteiger partial charge in [-0.25, -0.2) is 0 Å². The summed E-state index contributed by atoms with van der Waals surface area (Å²) in [4.78, 5) is 12.7. The average Bonchev–Trinajstić information content (AvgIpc) is 3.16.